The Hall–Kier alpha value is -3.21. The van der Waals surface area contributed by atoms with Crippen molar-refractivity contribution in [1.29, 1.82) is 5.26 Å². The van der Waals surface area contributed by atoms with E-state index in [9.17, 15) is 18.0 Å². The van der Waals surface area contributed by atoms with Crippen molar-refractivity contribution in [1.82, 2.24) is 0 Å². The summed E-state index contributed by atoms with van der Waals surface area (Å²) in [4.78, 5) is 12.6. The third kappa shape index (κ3) is 4.06. The second-order valence-electron chi connectivity index (χ2n) is 5.10. The molecule has 0 aromatic heterocycles. The molecule has 2 aromatic rings. The number of nitrogens with one attached hydrogen (secondary N) is 1. The highest BCUT2D eigenvalue weighted by atomic mass is 19.4. The van der Waals surface area contributed by atoms with Crippen molar-refractivity contribution in [3.8, 4) is 17.6 Å². The second kappa shape index (κ2) is 7.78. The molecule has 0 heterocycles. The number of carbonyl (C=O) groups excluding carboxylic acids is 1. The summed E-state index contributed by atoms with van der Waals surface area (Å²) >= 11 is 0. The van der Waals surface area contributed by atoms with E-state index < -0.39 is 23.3 Å². The van der Waals surface area contributed by atoms with Crippen molar-refractivity contribution in [3.63, 3.8) is 0 Å². The van der Waals surface area contributed by atoms with E-state index in [1.807, 2.05) is 6.07 Å². The van der Waals surface area contributed by atoms with Crippen molar-refractivity contribution in [3.05, 3.63) is 53.1 Å². The van der Waals surface area contributed by atoms with Crippen molar-refractivity contribution < 1.29 is 27.4 Å². The highest BCUT2D eigenvalue weighted by Crippen LogP contribution is 2.36. The molecule has 0 aliphatic heterocycles. The fourth-order valence-corrected chi connectivity index (χ4v) is 2.31. The molecule has 0 spiro atoms. The van der Waals surface area contributed by atoms with Gasteiger partial charge in [-0.25, -0.2) is 0 Å². The molecule has 0 atom stereocenters. The van der Waals surface area contributed by atoms with Gasteiger partial charge in [0, 0.05) is 6.07 Å². The molecule has 26 heavy (non-hydrogen) atoms. The molecular formula is C18H15F3N2O3. The Balaban J connectivity index is 2.50. The number of para-hydroxylation sites is 1. The van der Waals surface area contributed by atoms with Gasteiger partial charge in [-0.2, -0.15) is 18.4 Å². The summed E-state index contributed by atoms with van der Waals surface area (Å²) in [6, 6.07) is 9.10. The lowest BCUT2D eigenvalue weighted by Crippen LogP contribution is -2.18. The molecule has 0 saturated carbocycles. The van der Waals surface area contributed by atoms with Gasteiger partial charge >= 0.3 is 6.18 Å². The largest absolute Gasteiger partial charge is 0.493 e. The average Bonchev–Trinajstić information content (AvgIpc) is 2.61. The number of nitriles is 1. The highest BCUT2D eigenvalue weighted by Gasteiger charge is 2.34. The van der Waals surface area contributed by atoms with Crippen LogP contribution in [-0.4, -0.2) is 19.6 Å². The second-order valence-corrected chi connectivity index (χ2v) is 5.10. The average molecular weight is 364 g/mol. The van der Waals surface area contributed by atoms with E-state index >= 15 is 0 Å². The Morgan fingerprint density at radius 3 is 2.54 bits per heavy atom. The summed E-state index contributed by atoms with van der Waals surface area (Å²) in [6.45, 7) is 1.87. The highest BCUT2D eigenvalue weighted by molar-refractivity contribution is 6.07. The van der Waals surface area contributed by atoms with Crippen molar-refractivity contribution in [2.45, 2.75) is 13.1 Å². The predicted molar refractivity (Wildman–Crippen MR) is 88.3 cm³/mol. The fourth-order valence-electron chi connectivity index (χ4n) is 2.31. The van der Waals surface area contributed by atoms with Gasteiger partial charge in [0.1, 0.15) is 0 Å². The van der Waals surface area contributed by atoms with Crippen LogP contribution in [0.25, 0.3) is 0 Å². The zero-order valence-corrected chi connectivity index (χ0v) is 14.0. The van der Waals surface area contributed by atoms with Crippen LogP contribution in [0.15, 0.2) is 36.4 Å². The van der Waals surface area contributed by atoms with Crippen molar-refractivity contribution >= 4 is 11.6 Å². The van der Waals surface area contributed by atoms with Crippen LogP contribution in [0.4, 0.5) is 18.9 Å². The lowest BCUT2D eigenvalue weighted by molar-refractivity contribution is -0.136. The van der Waals surface area contributed by atoms with Gasteiger partial charge in [0.25, 0.3) is 5.91 Å². The maximum Gasteiger partial charge on any atom is 0.418 e. The Bertz CT molecular complexity index is 858. The maximum atomic E-state index is 13.1. The number of alkyl halides is 3. The Kier molecular flexibility index (Phi) is 5.72. The molecule has 2 aromatic carbocycles. The van der Waals surface area contributed by atoms with Gasteiger partial charge in [-0.3, -0.25) is 4.79 Å². The first-order valence-corrected chi connectivity index (χ1v) is 7.54. The van der Waals surface area contributed by atoms with Crippen LogP contribution in [0.5, 0.6) is 11.5 Å². The molecule has 0 unspecified atom stereocenters. The van der Waals surface area contributed by atoms with Gasteiger partial charge in [-0.05, 0) is 25.1 Å². The van der Waals surface area contributed by atoms with Crippen LogP contribution in [0.1, 0.15) is 28.4 Å². The van der Waals surface area contributed by atoms with E-state index in [4.69, 9.17) is 14.7 Å². The number of hydrogen-bond donors (Lipinski definition) is 1. The molecule has 0 aliphatic carbocycles. The summed E-state index contributed by atoms with van der Waals surface area (Å²) < 4.78 is 49.8. The number of carbonyl (C=O) groups is 1. The molecular weight excluding hydrogens is 349 g/mol. The Morgan fingerprint density at radius 1 is 1.27 bits per heavy atom. The number of halogens is 3. The molecule has 0 aliphatic rings. The van der Waals surface area contributed by atoms with Gasteiger partial charge < -0.3 is 14.8 Å². The lowest BCUT2D eigenvalue weighted by atomic mass is 10.1. The number of rotatable bonds is 5. The third-order valence-corrected chi connectivity index (χ3v) is 3.42. The SMILES string of the molecule is CCOc1c(OC)cc(C#N)cc1C(=O)Nc1ccccc1C(F)(F)F. The van der Waals surface area contributed by atoms with E-state index in [-0.39, 0.29) is 29.2 Å². The van der Waals surface area contributed by atoms with Crippen LogP contribution < -0.4 is 14.8 Å². The quantitative estimate of drug-likeness (QED) is 0.862. The molecule has 0 fully saturated rings. The number of hydrogen-bond acceptors (Lipinski definition) is 4. The maximum absolute atomic E-state index is 13.1. The minimum absolute atomic E-state index is 0.0518. The number of nitrogens with zero attached hydrogens (tertiary/aromatic N) is 1. The summed E-state index contributed by atoms with van der Waals surface area (Å²) in [7, 11) is 1.33. The van der Waals surface area contributed by atoms with E-state index in [0.717, 1.165) is 12.1 Å². The predicted octanol–water partition coefficient (Wildman–Crippen LogP) is 4.24. The molecule has 1 N–H and O–H groups in total. The minimum atomic E-state index is -4.63. The number of methoxy groups -OCH3 is 1. The molecule has 5 nitrogen and oxygen atoms in total. The zero-order chi connectivity index (χ0) is 19.3. The first-order chi connectivity index (χ1) is 12.3. The molecule has 1 amide bonds. The van der Waals surface area contributed by atoms with Crippen LogP contribution in [0.3, 0.4) is 0 Å². The van der Waals surface area contributed by atoms with Gasteiger partial charge in [0.2, 0.25) is 0 Å². The molecule has 2 rings (SSSR count). The van der Waals surface area contributed by atoms with Gasteiger partial charge in [0.05, 0.1) is 42.2 Å². The van der Waals surface area contributed by atoms with E-state index in [1.165, 1.54) is 31.4 Å². The van der Waals surface area contributed by atoms with Crippen molar-refractivity contribution in [2.75, 3.05) is 19.0 Å². The van der Waals surface area contributed by atoms with E-state index in [2.05, 4.69) is 5.32 Å². The smallest absolute Gasteiger partial charge is 0.418 e. The summed E-state index contributed by atoms with van der Waals surface area (Å²) in [5.74, 6) is -0.656. The van der Waals surface area contributed by atoms with Crippen LogP contribution in [0, 0.1) is 11.3 Å². The van der Waals surface area contributed by atoms with Crippen LogP contribution in [-0.2, 0) is 6.18 Å². The van der Waals surface area contributed by atoms with Crippen LogP contribution >= 0.6 is 0 Å². The monoisotopic (exact) mass is 364 g/mol. The Morgan fingerprint density at radius 2 is 1.96 bits per heavy atom. The third-order valence-electron chi connectivity index (χ3n) is 3.42. The molecule has 8 heteroatoms. The normalized spacial score (nSPS) is 10.8. The number of benzene rings is 2. The number of anilines is 1. The summed E-state index contributed by atoms with van der Waals surface area (Å²) in [6.07, 6.45) is -4.63. The van der Waals surface area contributed by atoms with Crippen molar-refractivity contribution in [2.24, 2.45) is 0 Å². The number of ether oxygens (including phenoxy) is 2. The van der Waals surface area contributed by atoms with Gasteiger partial charge in [-0.15, -0.1) is 0 Å². The lowest BCUT2D eigenvalue weighted by Gasteiger charge is -2.16. The van der Waals surface area contributed by atoms with E-state index in [1.54, 1.807) is 6.92 Å². The standard InChI is InChI=1S/C18H15F3N2O3/c1-3-26-16-12(8-11(10-22)9-15(16)25-2)17(24)23-14-7-5-4-6-13(14)18(19,20)21/h4-9H,3H2,1-2H3,(H,23,24). The van der Waals surface area contributed by atoms with Gasteiger partial charge in [-0.1, -0.05) is 12.1 Å². The van der Waals surface area contributed by atoms with Gasteiger partial charge in [0.15, 0.2) is 11.5 Å². The summed E-state index contributed by atoms with van der Waals surface area (Å²) in [5.41, 5.74) is -1.36. The molecule has 0 bridgehead atoms. The van der Waals surface area contributed by atoms with Crippen LogP contribution in [0.2, 0.25) is 0 Å². The first kappa shape index (κ1) is 19.1. The zero-order valence-electron chi connectivity index (χ0n) is 14.0. The minimum Gasteiger partial charge on any atom is -0.493 e. The Labute approximate surface area is 148 Å². The fraction of sp³-hybridized carbons (Fsp3) is 0.222. The molecule has 136 valence electrons. The first-order valence-electron chi connectivity index (χ1n) is 7.54. The van der Waals surface area contributed by atoms with E-state index in [0.29, 0.717) is 0 Å². The molecule has 0 saturated heterocycles. The number of amides is 1. The summed E-state index contributed by atoms with van der Waals surface area (Å²) in [5, 5.41) is 11.3. The molecule has 0 radical (unpaired) electrons. The topological polar surface area (TPSA) is 71.3 Å².